The summed E-state index contributed by atoms with van der Waals surface area (Å²) in [5.74, 6) is -0.842. The van der Waals surface area contributed by atoms with Crippen LogP contribution in [0.3, 0.4) is 0 Å². The van der Waals surface area contributed by atoms with Crippen LogP contribution in [0.15, 0.2) is 24.3 Å². The summed E-state index contributed by atoms with van der Waals surface area (Å²) < 4.78 is 15.7. The maximum absolute atomic E-state index is 12.5. The fraction of sp³-hybridized carbons (Fsp3) is 0.409. The average molecular weight is 401 g/mol. The Morgan fingerprint density at radius 1 is 0.966 bits per heavy atom. The van der Waals surface area contributed by atoms with E-state index in [1.807, 2.05) is 0 Å². The maximum Gasteiger partial charge on any atom is 0.340 e. The lowest BCUT2D eigenvalue weighted by Crippen LogP contribution is -2.15. The van der Waals surface area contributed by atoms with E-state index in [9.17, 15) is 14.4 Å². The third-order valence-corrected chi connectivity index (χ3v) is 4.39. The molecule has 0 fully saturated rings. The standard InChI is InChI=1S/C22H27NO6/c1-5-7-12-28-17-10-8-16(9-11-17)21(25)29-13-18(24)20-14(3)19(15(4)23-20)22(26)27-6-2/h8-11,23H,5-7,12-13H2,1-4H3. The summed E-state index contributed by atoms with van der Waals surface area (Å²) in [5, 5.41) is 0. The van der Waals surface area contributed by atoms with Crippen molar-refractivity contribution >= 4 is 17.7 Å². The summed E-state index contributed by atoms with van der Waals surface area (Å²) in [6.07, 6.45) is 2.00. The van der Waals surface area contributed by atoms with Gasteiger partial charge in [0.05, 0.1) is 30.0 Å². The van der Waals surface area contributed by atoms with Crippen molar-refractivity contribution in [2.45, 2.75) is 40.5 Å². The lowest BCUT2D eigenvalue weighted by Gasteiger charge is -2.07. The molecule has 0 bridgehead atoms. The second kappa shape index (κ2) is 10.5. The zero-order valence-corrected chi connectivity index (χ0v) is 17.3. The number of rotatable bonds is 10. The van der Waals surface area contributed by atoms with E-state index in [4.69, 9.17) is 14.2 Å². The molecule has 7 heteroatoms. The van der Waals surface area contributed by atoms with E-state index in [0.29, 0.717) is 34.7 Å². The van der Waals surface area contributed by atoms with Crippen LogP contribution in [-0.2, 0) is 9.47 Å². The second-order valence-corrected chi connectivity index (χ2v) is 6.57. The predicted octanol–water partition coefficient (Wildman–Crippen LogP) is 4.03. The normalized spacial score (nSPS) is 10.5. The number of ketones is 1. The zero-order valence-electron chi connectivity index (χ0n) is 17.3. The molecule has 29 heavy (non-hydrogen) atoms. The molecular weight excluding hydrogens is 374 g/mol. The monoisotopic (exact) mass is 401 g/mol. The molecule has 0 spiro atoms. The first-order valence-electron chi connectivity index (χ1n) is 9.68. The lowest BCUT2D eigenvalue weighted by atomic mass is 10.1. The minimum atomic E-state index is -0.606. The number of carbonyl (C=O) groups is 3. The van der Waals surface area contributed by atoms with E-state index in [2.05, 4.69) is 11.9 Å². The summed E-state index contributed by atoms with van der Waals surface area (Å²) in [6, 6.07) is 6.57. The van der Waals surface area contributed by atoms with Crippen LogP contribution in [0.2, 0.25) is 0 Å². The highest BCUT2D eigenvalue weighted by atomic mass is 16.5. The number of carbonyl (C=O) groups excluding carboxylic acids is 3. The first-order valence-corrected chi connectivity index (χ1v) is 9.68. The van der Waals surface area contributed by atoms with E-state index in [1.165, 1.54) is 0 Å². The molecule has 0 atom stereocenters. The zero-order chi connectivity index (χ0) is 21.4. The first-order chi connectivity index (χ1) is 13.9. The minimum absolute atomic E-state index is 0.234. The van der Waals surface area contributed by atoms with Crippen LogP contribution in [0.1, 0.15) is 69.2 Å². The third-order valence-electron chi connectivity index (χ3n) is 4.39. The molecule has 0 radical (unpaired) electrons. The van der Waals surface area contributed by atoms with Gasteiger partial charge in [-0.2, -0.15) is 0 Å². The van der Waals surface area contributed by atoms with Crippen molar-refractivity contribution in [3.05, 3.63) is 52.3 Å². The molecule has 0 aliphatic heterocycles. The third kappa shape index (κ3) is 5.70. The number of nitrogens with one attached hydrogen (secondary N) is 1. The molecular formula is C22H27NO6. The summed E-state index contributed by atoms with van der Waals surface area (Å²) in [6.45, 7) is 7.57. The number of hydrogen-bond donors (Lipinski definition) is 1. The topological polar surface area (TPSA) is 94.7 Å². The fourth-order valence-electron chi connectivity index (χ4n) is 2.85. The Morgan fingerprint density at radius 2 is 1.66 bits per heavy atom. The van der Waals surface area contributed by atoms with Crippen molar-refractivity contribution in [3.8, 4) is 5.75 Å². The quantitative estimate of drug-likeness (QED) is 0.367. The van der Waals surface area contributed by atoms with Gasteiger partial charge in [-0.25, -0.2) is 9.59 Å². The molecule has 156 valence electrons. The molecule has 0 amide bonds. The van der Waals surface area contributed by atoms with Gasteiger partial charge in [-0.15, -0.1) is 0 Å². The van der Waals surface area contributed by atoms with Gasteiger partial charge in [-0.05, 0) is 57.0 Å². The lowest BCUT2D eigenvalue weighted by molar-refractivity contribution is 0.0472. The molecule has 1 heterocycles. The highest BCUT2D eigenvalue weighted by Gasteiger charge is 2.23. The average Bonchev–Trinajstić information content (AvgIpc) is 3.01. The van der Waals surface area contributed by atoms with E-state index in [0.717, 1.165) is 12.8 Å². The molecule has 0 unspecified atom stereocenters. The van der Waals surface area contributed by atoms with Crippen LogP contribution < -0.4 is 4.74 Å². The van der Waals surface area contributed by atoms with E-state index >= 15 is 0 Å². The Hall–Kier alpha value is -3.09. The smallest absolute Gasteiger partial charge is 0.340 e. The Bertz CT molecular complexity index is 866. The van der Waals surface area contributed by atoms with E-state index in [1.54, 1.807) is 45.0 Å². The van der Waals surface area contributed by atoms with Crippen molar-refractivity contribution in [2.75, 3.05) is 19.8 Å². The number of aromatic nitrogens is 1. The Balaban J connectivity index is 1.97. The SMILES string of the molecule is CCCCOc1ccc(C(=O)OCC(=O)c2[nH]c(C)c(C(=O)OCC)c2C)cc1. The number of aromatic amines is 1. The molecule has 1 aromatic heterocycles. The van der Waals surface area contributed by atoms with Crippen LogP contribution in [-0.4, -0.2) is 42.5 Å². The molecule has 2 rings (SSSR count). The Kier molecular flexibility index (Phi) is 8.00. The fourth-order valence-corrected chi connectivity index (χ4v) is 2.85. The molecule has 0 aliphatic rings. The van der Waals surface area contributed by atoms with Crippen LogP contribution in [0.5, 0.6) is 5.75 Å². The van der Waals surface area contributed by atoms with Crippen molar-refractivity contribution < 1.29 is 28.6 Å². The van der Waals surface area contributed by atoms with Gasteiger partial charge >= 0.3 is 11.9 Å². The number of aryl methyl sites for hydroxylation is 1. The largest absolute Gasteiger partial charge is 0.494 e. The van der Waals surface area contributed by atoms with Crippen molar-refractivity contribution in [1.82, 2.24) is 4.98 Å². The molecule has 0 saturated heterocycles. The van der Waals surface area contributed by atoms with Gasteiger partial charge in [-0.1, -0.05) is 13.3 Å². The predicted molar refractivity (Wildman–Crippen MR) is 108 cm³/mol. The summed E-state index contributed by atoms with van der Waals surface area (Å²) >= 11 is 0. The van der Waals surface area contributed by atoms with Crippen molar-refractivity contribution in [1.29, 1.82) is 0 Å². The highest BCUT2D eigenvalue weighted by Crippen LogP contribution is 2.20. The van der Waals surface area contributed by atoms with Crippen LogP contribution in [0.4, 0.5) is 0 Å². The number of unbranched alkanes of at least 4 members (excludes halogenated alkanes) is 1. The van der Waals surface area contributed by atoms with Gasteiger partial charge < -0.3 is 19.2 Å². The van der Waals surface area contributed by atoms with Gasteiger partial charge in [0.1, 0.15) is 5.75 Å². The number of hydrogen-bond acceptors (Lipinski definition) is 6. The van der Waals surface area contributed by atoms with Crippen LogP contribution in [0.25, 0.3) is 0 Å². The molecule has 2 aromatic rings. The Morgan fingerprint density at radius 3 is 2.28 bits per heavy atom. The van der Waals surface area contributed by atoms with E-state index < -0.39 is 24.3 Å². The minimum Gasteiger partial charge on any atom is -0.494 e. The molecule has 1 N–H and O–H groups in total. The number of ether oxygens (including phenoxy) is 3. The Labute approximate surface area is 170 Å². The van der Waals surface area contributed by atoms with Gasteiger partial charge in [0.2, 0.25) is 5.78 Å². The number of esters is 2. The summed E-state index contributed by atoms with van der Waals surface area (Å²) in [4.78, 5) is 39.6. The number of Topliss-reactive ketones (excluding diaryl/α,β-unsaturated/α-hetero) is 1. The summed E-state index contributed by atoms with van der Waals surface area (Å²) in [7, 11) is 0. The van der Waals surface area contributed by atoms with Crippen LogP contribution >= 0.6 is 0 Å². The van der Waals surface area contributed by atoms with E-state index in [-0.39, 0.29) is 12.3 Å². The van der Waals surface area contributed by atoms with Gasteiger partial charge in [-0.3, -0.25) is 4.79 Å². The van der Waals surface area contributed by atoms with Gasteiger partial charge in [0, 0.05) is 5.69 Å². The first kappa shape index (κ1) is 22.2. The van der Waals surface area contributed by atoms with Gasteiger partial charge in [0.15, 0.2) is 6.61 Å². The van der Waals surface area contributed by atoms with Crippen LogP contribution in [0, 0.1) is 13.8 Å². The second-order valence-electron chi connectivity index (χ2n) is 6.57. The van der Waals surface area contributed by atoms with Gasteiger partial charge in [0.25, 0.3) is 0 Å². The van der Waals surface area contributed by atoms with Crippen molar-refractivity contribution in [3.63, 3.8) is 0 Å². The maximum atomic E-state index is 12.5. The number of benzene rings is 1. The number of H-pyrrole nitrogens is 1. The molecule has 1 aromatic carbocycles. The summed E-state index contributed by atoms with van der Waals surface area (Å²) in [5.41, 5.74) is 1.91. The molecule has 7 nitrogen and oxygen atoms in total. The van der Waals surface area contributed by atoms with Crippen molar-refractivity contribution in [2.24, 2.45) is 0 Å². The highest BCUT2D eigenvalue weighted by molar-refractivity contribution is 6.03. The molecule has 0 saturated carbocycles. The molecule has 0 aliphatic carbocycles.